The second-order valence-corrected chi connectivity index (χ2v) is 9.82. The minimum absolute atomic E-state index is 0.311. The van der Waals surface area contributed by atoms with Gasteiger partial charge < -0.3 is 15.2 Å². The lowest BCUT2D eigenvalue weighted by Crippen LogP contribution is -2.33. The molecule has 1 aromatic rings. The Morgan fingerprint density at radius 2 is 2.00 bits per heavy atom. The van der Waals surface area contributed by atoms with E-state index in [1.807, 2.05) is 24.3 Å². The van der Waals surface area contributed by atoms with Crippen molar-refractivity contribution < 1.29 is 18.8 Å². The van der Waals surface area contributed by atoms with Crippen molar-refractivity contribution >= 4 is 16.9 Å². The van der Waals surface area contributed by atoms with E-state index in [1.54, 1.807) is 20.8 Å². The van der Waals surface area contributed by atoms with Gasteiger partial charge in [-0.05, 0) is 63.6 Å². The molecule has 1 aromatic carbocycles. The summed E-state index contributed by atoms with van der Waals surface area (Å²) in [5.41, 5.74) is 0.190. The first-order valence-corrected chi connectivity index (χ1v) is 11.2. The van der Waals surface area contributed by atoms with Crippen molar-refractivity contribution in [2.24, 2.45) is 5.92 Å². The highest BCUT2D eigenvalue weighted by Gasteiger charge is 2.19. The predicted molar refractivity (Wildman–Crippen MR) is 108 cm³/mol. The Balaban J connectivity index is 1.84. The Labute approximate surface area is 165 Å². The number of hydrogen-bond donors (Lipinski definition) is 2. The Morgan fingerprint density at radius 3 is 2.67 bits per heavy atom. The standard InChI is InChI=1S/C21H33NO4S/c1-21(2,3)26-20(24)22-13-12-19(23)17-10-7-11-18(14-17)27(25)15-16-8-5-4-6-9-16/h7,10-11,14,16,19,23H,4-6,8-9,12-13,15H2,1-3H3,(H,22,24). The summed E-state index contributed by atoms with van der Waals surface area (Å²) in [4.78, 5) is 12.4. The number of carbonyl (C=O) groups excluding carboxylic acids is 1. The quantitative estimate of drug-likeness (QED) is 0.721. The van der Waals surface area contributed by atoms with Gasteiger partial charge in [0.05, 0.1) is 16.9 Å². The molecular weight excluding hydrogens is 362 g/mol. The molecule has 27 heavy (non-hydrogen) atoms. The van der Waals surface area contributed by atoms with E-state index in [4.69, 9.17) is 4.74 Å². The van der Waals surface area contributed by atoms with Gasteiger partial charge in [-0.25, -0.2) is 4.79 Å². The number of carbonyl (C=O) groups is 1. The predicted octanol–water partition coefficient (Wildman–Crippen LogP) is 4.32. The van der Waals surface area contributed by atoms with E-state index in [0.29, 0.717) is 24.6 Å². The van der Waals surface area contributed by atoms with Crippen LogP contribution in [0.2, 0.25) is 0 Å². The number of nitrogens with one attached hydrogen (secondary N) is 1. The molecule has 1 aliphatic rings. The van der Waals surface area contributed by atoms with E-state index in [-0.39, 0.29) is 0 Å². The summed E-state index contributed by atoms with van der Waals surface area (Å²) in [6.45, 7) is 5.73. The molecule has 2 unspecified atom stereocenters. The maximum Gasteiger partial charge on any atom is 0.407 e. The van der Waals surface area contributed by atoms with E-state index in [2.05, 4.69) is 5.32 Å². The van der Waals surface area contributed by atoms with E-state index in [1.165, 1.54) is 32.1 Å². The molecule has 2 rings (SSSR count). The summed E-state index contributed by atoms with van der Waals surface area (Å²) in [6, 6.07) is 7.37. The van der Waals surface area contributed by atoms with Gasteiger partial charge in [-0.2, -0.15) is 0 Å². The number of aliphatic hydroxyl groups is 1. The van der Waals surface area contributed by atoms with Crippen LogP contribution in [0.5, 0.6) is 0 Å². The molecule has 6 heteroatoms. The van der Waals surface area contributed by atoms with Crippen LogP contribution < -0.4 is 5.32 Å². The molecule has 2 N–H and O–H groups in total. The summed E-state index contributed by atoms with van der Waals surface area (Å²) in [6.07, 6.45) is 5.29. The highest BCUT2D eigenvalue weighted by atomic mass is 32.2. The fourth-order valence-electron chi connectivity index (χ4n) is 3.32. The number of hydrogen-bond acceptors (Lipinski definition) is 4. The molecule has 0 radical (unpaired) electrons. The van der Waals surface area contributed by atoms with E-state index < -0.39 is 28.6 Å². The van der Waals surface area contributed by atoms with E-state index in [0.717, 1.165) is 10.5 Å². The van der Waals surface area contributed by atoms with Crippen molar-refractivity contribution in [2.75, 3.05) is 12.3 Å². The molecule has 1 saturated carbocycles. The lowest BCUT2D eigenvalue weighted by Gasteiger charge is -2.21. The fourth-order valence-corrected chi connectivity index (χ4v) is 4.77. The second-order valence-electron chi connectivity index (χ2n) is 8.32. The molecule has 1 aliphatic carbocycles. The summed E-state index contributed by atoms with van der Waals surface area (Å²) >= 11 is 0. The molecule has 152 valence electrons. The minimum Gasteiger partial charge on any atom is -0.444 e. The topological polar surface area (TPSA) is 75.6 Å². The molecular formula is C21H33NO4S. The Morgan fingerprint density at radius 1 is 1.30 bits per heavy atom. The molecule has 2 atom stereocenters. The lowest BCUT2D eigenvalue weighted by atomic mass is 9.91. The fraction of sp³-hybridized carbons (Fsp3) is 0.667. The second kappa shape index (κ2) is 10.2. The number of benzene rings is 1. The van der Waals surface area contributed by atoms with Crippen LogP contribution >= 0.6 is 0 Å². The molecule has 0 spiro atoms. The van der Waals surface area contributed by atoms with Crippen molar-refractivity contribution in [1.29, 1.82) is 0 Å². The first-order valence-electron chi connectivity index (χ1n) is 9.88. The zero-order valence-electron chi connectivity index (χ0n) is 16.7. The van der Waals surface area contributed by atoms with E-state index in [9.17, 15) is 14.1 Å². The van der Waals surface area contributed by atoms with Gasteiger partial charge in [-0.1, -0.05) is 31.4 Å². The van der Waals surface area contributed by atoms with Crippen molar-refractivity contribution in [2.45, 2.75) is 75.9 Å². The van der Waals surface area contributed by atoms with Crippen LogP contribution in [0.15, 0.2) is 29.2 Å². The lowest BCUT2D eigenvalue weighted by molar-refractivity contribution is 0.0518. The van der Waals surface area contributed by atoms with Gasteiger partial charge >= 0.3 is 6.09 Å². The Hall–Kier alpha value is -1.40. The molecule has 1 fully saturated rings. The summed E-state index contributed by atoms with van der Waals surface area (Å²) in [7, 11) is -1.03. The van der Waals surface area contributed by atoms with Gasteiger partial charge in [-0.15, -0.1) is 0 Å². The maximum absolute atomic E-state index is 12.7. The van der Waals surface area contributed by atoms with Crippen LogP contribution in [0.1, 0.15) is 71.0 Å². The maximum atomic E-state index is 12.7. The average Bonchev–Trinajstić information content (AvgIpc) is 2.61. The number of ether oxygens (including phenoxy) is 1. The Kier molecular flexibility index (Phi) is 8.29. The molecule has 1 amide bonds. The first-order chi connectivity index (χ1) is 12.7. The van der Waals surface area contributed by atoms with Gasteiger partial charge in [-0.3, -0.25) is 4.21 Å². The molecule has 5 nitrogen and oxygen atoms in total. The average molecular weight is 396 g/mol. The number of amides is 1. The van der Waals surface area contributed by atoms with E-state index >= 15 is 0 Å². The van der Waals surface area contributed by atoms with Crippen molar-refractivity contribution in [3.05, 3.63) is 29.8 Å². The smallest absolute Gasteiger partial charge is 0.407 e. The summed E-state index contributed by atoms with van der Waals surface area (Å²) in [5, 5.41) is 13.1. The van der Waals surface area contributed by atoms with Crippen LogP contribution in [0.3, 0.4) is 0 Å². The Bertz CT molecular complexity index is 635. The van der Waals surface area contributed by atoms with Crippen LogP contribution in [0.25, 0.3) is 0 Å². The summed E-state index contributed by atoms with van der Waals surface area (Å²) < 4.78 is 17.9. The minimum atomic E-state index is -1.03. The van der Waals surface area contributed by atoms with Crippen molar-refractivity contribution in [3.8, 4) is 0 Å². The zero-order valence-corrected chi connectivity index (χ0v) is 17.5. The first kappa shape index (κ1) is 21.9. The normalized spacial score (nSPS) is 17.9. The SMILES string of the molecule is CC(C)(C)OC(=O)NCCC(O)c1cccc(S(=O)CC2CCCCC2)c1. The third kappa shape index (κ3) is 8.01. The van der Waals surface area contributed by atoms with Crippen LogP contribution in [-0.4, -0.2) is 33.3 Å². The third-order valence-electron chi connectivity index (χ3n) is 4.70. The monoisotopic (exact) mass is 395 g/mol. The van der Waals surface area contributed by atoms with Crippen LogP contribution in [0, 0.1) is 5.92 Å². The third-order valence-corrected chi connectivity index (χ3v) is 6.26. The highest BCUT2D eigenvalue weighted by Crippen LogP contribution is 2.26. The van der Waals surface area contributed by atoms with Crippen LogP contribution in [0.4, 0.5) is 4.79 Å². The van der Waals surface area contributed by atoms with Crippen molar-refractivity contribution in [3.63, 3.8) is 0 Å². The molecule has 0 saturated heterocycles. The van der Waals surface area contributed by atoms with Gasteiger partial charge in [0.2, 0.25) is 0 Å². The number of rotatable bonds is 7. The number of aliphatic hydroxyl groups excluding tert-OH is 1. The van der Waals surface area contributed by atoms with Gasteiger partial charge in [0.1, 0.15) is 5.60 Å². The molecule has 0 bridgehead atoms. The van der Waals surface area contributed by atoms with Gasteiger partial charge in [0, 0.05) is 17.2 Å². The molecule has 0 aromatic heterocycles. The molecule has 0 aliphatic heterocycles. The van der Waals surface area contributed by atoms with Gasteiger partial charge in [0.15, 0.2) is 0 Å². The number of alkyl carbamates (subject to hydrolysis) is 1. The zero-order chi connectivity index (χ0) is 19.9. The highest BCUT2D eigenvalue weighted by molar-refractivity contribution is 7.85. The van der Waals surface area contributed by atoms with Crippen molar-refractivity contribution in [1.82, 2.24) is 5.32 Å². The largest absolute Gasteiger partial charge is 0.444 e. The van der Waals surface area contributed by atoms with Crippen LogP contribution in [-0.2, 0) is 15.5 Å². The molecule has 0 heterocycles. The van der Waals surface area contributed by atoms with Gasteiger partial charge in [0.25, 0.3) is 0 Å². The summed E-state index contributed by atoms with van der Waals surface area (Å²) in [5.74, 6) is 1.26.